The lowest BCUT2D eigenvalue weighted by molar-refractivity contribution is 0.310. The molecule has 1 heterocycles. The van der Waals surface area contributed by atoms with E-state index in [1.165, 1.54) is 51.4 Å². The molecule has 1 heteroatoms. The van der Waals surface area contributed by atoms with Crippen molar-refractivity contribution in [2.24, 2.45) is 5.92 Å². The van der Waals surface area contributed by atoms with Crippen LogP contribution >= 0.6 is 11.8 Å². The molecule has 1 aliphatic heterocycles. The van der Waals surface area contributed by atoms with Crippen molar-refractivity contribution >= 4 is 11.8 Å². The van der Waals surface area contributed by atoms with Crippen molar-refractivity contribution in [2.75, 3.05) is 0 Å². The molecule has 2 atom stereocenters. The van der Waals surface area contributed by atoms with Gasteiger partial charge in [-0.1, -0.05) is 76.8 Å². The lowest BCUT2D eigenvalue weighted by Crippen LogP contribution is -2.34. The molecule has 1 aliphatic rings. The second-order valence-corrected chi connectivity index (χ2v) is 8.47. The van der Waals surface area contributed by atoms with Crippen LogP contribution < -0.4 is 0 Å². The third kappa shape index (κ3) is 4.52. The summed E-state index contributed by atoms with van der Waals surface area (Å²) in [5.74, 6) is 0.930. The van der Waals surface area contributed by atoms with Crippen molar-refractivity contribution < 1.29 is 0 Å². The van der Waals surface area contributed by atoms with Crippen molar-refractivity contribution in [3.05, 3.63) is 35.9 Å². The third-order valence-electron chi connectivity index (χ3n) is 4.88. The van der Waals surface area contributed by atoms with E-state index in [0.717, 1.165) is 11.2 Å². The van der Waals surface area contributed by atoms with Crippen molar-refractivity contribution in [1.29, 1.82) is 0 Å². The van der Waals surface area contributed by atoms with Gasteiger partial charge in [-0.25, -0.2) is 0 Å². The highest BCUT2D eigenvalue weighted by atomic mass is 32.2. The summed E-state index contributed by atoms with van der Waals surface area (Å²) in [6, 6.07) is 11.2. The van der Waals surface area contributed by atoms with Crippen LogP contribution in [0.15, 0.2) is 30.3 Å². The van der Waals surface area contributed by atoms with Crippen LogP contribution in [0.4, 0.5) is 0 Å². The molecule has 0 radical (unpaired) electrons. The molecule has 0 bridgehead atoms. The van der Waals surface area contributed by atoms with Crippen molar-refractivity contribution in [3.63, 3.8) is 0 Å². The van der Waals surface area contributed by atoms with E-state index in [-0.39, 0.29) is 0 Å². The molecule has 21 heavy (non-hydrogen) atoms. The predicted octanol–water partition coefficient (Wildman–Crippen LogP) is 7.01. The Morgan fingerprint density at radius 3 is 2.24 bits per heavy atom. The van der Waals surface area contributed by atoms with Gasteiger partial charge >= 0.3 is 0 Å². The zero-order valence-electron chi connectivity index (χ0n) is 14.1. The summed E-state index contributed by atoms with van der Waals surface area (Å²) >= 11 is 2.31. The van der Waals surface area contributed by atoms with E-state index >= 15 is 0 Å². The molecule has 0 amide bonds. The molecule has 1 aromatic rings. The molecule has 1 saturated heterocycles. The van der Waals surface area contributed by atoms with E-state index < -0.39 is 0 Å². The molecule has 0 spiro atoms. The quantitative estimate of drug-likeness (QED) is 0.522. The number of thioether (sulfide) groups is 1. The standard InChI is InChI=1S/C20H32S/c1-4-10-17-15-19(18-11-8-7-9-12-18)21-20(16-17,13-5-2)14-6-3/h7-9,11-12,17,19H,4-6,10,13-16H2,1-3H3. The lowest BCUT2D eigenvalue weighted by atomic mass is 9.81. The van der Waals surface area contributed by atoms with Gasteiger partial charge in [0.2, 0.25) is 0 Å². The molecule has 1 aromatic carbocycles. The van der Waals surface area contributed by atoms with Gasteiger partial charge in [0.25, 0.3) is 0 Å². The molecule has 1 fully saturated rings. The molecule has 2 unspecified atom stereocenters. The Morgan fingerprint density at radius 2 is 1.67 bits per heavy atom. The first-order valence-electron chi connectivity index (χ1n) is 8.95. The van der Waals surface area contributed by atoms with Crippen molar-refractivity contribution in [2.45, 2.75) is 82.1 Å². The van der Waals surface area contributed by atoms with Crippen LogP contribution in [0.2, 0.25) is 0 Å². The van der Waals surface area contributed by atoms with Gasteiger partial charge in [0.05, 0.1) is 0 Å². The number of hydrogen-bond acceptors (Lipinski definition) is 1. The highest BCUT2D eigenvalue weighted by Crippen LogP contribution is 2.55. The fourth-order valence-corrected chi connectivity index (χ4v) is 6.41. The molecule has 0 saturated carbocycles. The SMILES string of the molecule is CCCC1CC(c2ccccc2)SC(CCC)(CCC)C1. The molecule has 0 N–H and O–H groups in total. The van der Waals surface area contributed by atoms with Crippen LogP contribution in [-0.4, -0.2) is 4.75 Å². The maximum Gasteiger partial charge on any atom is 0.0305 e. The van der Waals surface area contributed by atoms with Gasteiger partial charge in [-0.2, -0.15) is 0 Å². The summed E-state index contributed by atoms with van der Waals surface area (Å²) in [7, 11) is 0. The maximum absolute atomic E-state index is 2.36. The summed E-state index contributed by atoms with van der Waals surface area (Å²) in [4.78, 5) is 0. The third-order valence-corrected chi connectivity index (χ3v) is 6.70. The van der Waals surface area contributed by atoms with Gasteiger partial charge in [0.1, 0.15) is 0 Å². The number of hydrogen-bond donors (Lipinski definition) is 0. The van der Waals surface area contributed by atoms with Gasteiger partial charge in [0.15, 0.2) is 0 Å². The monoisotopic (exact) mass is 304 g/mol. The lowest BCUT2D eigenvalue weighted by Gasteiger charge is -2.45. The average molecular weight is 305 g/mol. The predicted molar refractivity (Wildman–Crippen MR) is 97.0 cm³/mol. The minimum Gasteiger partial charge on any atom is -0.147 e. The first-order chi connectivity index (χ1) is 10.2. The van der Waals surface area contributed by atoms with Gasteiger partial charge < -0.3 is 0 Å². The fourth-order valence-electron chi connectivity index (χ4n) is 4.17. The Morgan fingerprint density at radius 1 is 1.00 bits per heavy atom. The topological polar surface area (TPSA) is 0 Å². The van der Waals surface area contributed by atoms with Crippen LogP contribution in [0.25, 0.3) is 0 Å². The summed E-state index contributed by atoms with van der Waals surface area (Å²) in [6.07, 6.45) is 11.0. The van der Waals surface area contributed by atoms with Crippen LogP contribution in [-0.2, 0) is 0 Å². The van der Waals surface area contributed by atoms with Crippen molar-refractivity contribution in [3.8, 4) is 0 Å². The van der Waals surface area contributed by atoms with Crippen LogP contribution in [0.1, 0.15) is 83.0 Å². The zero-order valence-corrected chi connectivity index (χ0v) is 14.9. The van der Waals surface area contributed by atoms with E-state index in [2.05, 4.69) is 62.9 Å². The maximum atomic E-state index is 2.36. The first-order valence-corrected chi connectivity index (χ1v) is 9.83. The fraction of sp³-hybridized carbons (Fsp3) is 0.700. The summed E-state index contributed by atoms with van der Waals surface area (Å²) in [5.41, 5.74) is 1.56. The molecule has 0 aromatic heterocycles. The Bertz CT molecular complexity index is 392. The highest BCUT2D eigenvalue weighted by molar-refractivity contribution is 8.00. The van der Waals surface area contributed by atoms with E-state index in [9.17, 15) is 0 Å². The van der Waals surface area contributed by atoms with Crippen LogP contribution in [0, 0.1) is 5.92 Å². The average Bonchev–Trinajstić information content (AvgIpc) is 2.49. The Hall–Kier alpha value is -0.430. The largest absolute Gasteiger partial charge is 0.147 e. The summed E-state index contributed by atoms with van der Waals surface area (Å²) < 4.78 is 0.544. The van der Waals surface area contributed by atoms with Gasteiger partial charge in [-0.05, 0) is 37.2 Å². The van der Waals surface area contributed by atoms with E-state index in [1.54, 1.807) is 5.56 Å². The Balaban J connectivity index is 2.21. The van der Waals surface area contributed by atoms with Gasteiger partial charge in [-0.3, -0.25) is 0 Å². The highest BCUT2D eigenvalue weighted by Gasteiger charge is 2.40. The smallest absolute Gasteiger partial charge is 0.0305 e. The van der Waals surface area contributed by atoms with Crippen LogP contribution in [0.3, 0.4) is 0 Å². The molecule has 118 valence electrons. The van der Waals surface area contributed by atoms with Gasteiger partial charge in [-0.15, -0.1) is 11.8 Å². The van der Waals surface area contributed by atoms with E-state index in [1.807, 2.05) is 0 Å². The zero-order chi connectivity index (χ0) is 15.1. The molecule has 2 rings (SSSR count). The second-order valence-electron chi connectivity index (χ2n) is 6.79. The first kappa shape index (κ1) is 16.9. The van der Waals surface area contributed by atoms with Crippen molar-refractivity contribution in [1.82, 2.24) is 0 Å². The van der Waals surface area contributed by atoms with E-state index in [4.69, 9.17) is 0 Å². The normalized spacial score (nSPS) is 24.9. The Labute approximate surface area is 136 Å². The second kappa shape index (κ2) is 8.27. The number of rotatable bonds is 7. The Kier molecular flexibility index (Phi) is 6.67. The van der Waals surface area contributed by atoms with Crippen LogP contribution in [0.5, 0.6) is 0 Å². The molecule has 0 nitrogen and oxygen atoms in total. The molecular weight excluding hydrogens is 272 g/mol. The van der Waals surface area contributed by atoms with Gasteiger partial charge in [0, 0.05) is 10.00 Å². The minimum atomic E-state index is 0.544. The minimum absolute atomic E-state index is 0.544. The summed E-state index contributed by atoms with van der Waals surface area (Å²) in [6.45, 7) is 7.07. The number of benzene rings is 1. The van der Waals surface area contributed by atoms with E-state index in [0.29, 0.717) is 4.75 Å². The molecule has 0 aliphatic carbocycles. The molecular formula is C20H32S. The summed E-state index contributed by atoms with van der Waals surface area (Å²) in [5, 5.41) is 0.717.